The summed E-state index contributed by atoms with van der Waals surface area (Å²) < 4.78 is 5.21. The van der Waals surface area contributed by atoms with Gasteiger partial charge in [0, 0.05) is 25.4 Å². The zero-order chi connectivity index (χ0) is 10.7. The number of rotatable bonds is 4. The first kappa shape index (κ1) is 10.6. The van der Waals surface area contributed by atoms with Crippen LogP contribution in [0.1, 0.15) is 24.1 Å². The van der Waals surface area contributed by atoms with Gasteiger partial charge in [-0.1, -0.05) is 5.16 Å². The van der Waals surface area contributed by atoms with Crippen molar-refractivity contribution in [2.75, 3.05) is 33.7 Å². The molecule has 0 amide bonds. The lowest BCUT2D eigenvalue weighted by atomic mass is 10.1. The Bertz CT molecular complexity index is 304. The Balaban J connectivity index is 1.91. The fourth-order valence-corrected chi connectivity index (χ4v) is 1.73. The van der Waals surface area contributed by atoms with Crippen molar-refractivity contribution in [3.05, 3.63) is 11.7 Å². The van der Waals surface area contributed by atoms with Crippen molar-refractivity contribution in [2.24, 2.45) is 0 Å². The Morgan fingerprint density at radius 1 is 1.53 bits per heavy atom. The van der Waals surface area contributed by atoms with E-state index in [1.807, 2.05) is 14.1 Å². The molecule has 1 aromatic rings. The fraction of sp³-hybridized carbons (Fsp3) is 0.800. The molecule has 1 atom stereocenters. The summed E-state index contributed by atoms with van der Waals surface area (Å²) >= 11 is 0. The zero-order valence-corrected chi connectivity index (χ0v) is 9.36. The number of likely N-dealkylation sites (N-methyl/N-ethyl adjacent to an activating group) is 1. The standard InChI is InChI=1S/C10H18N4O/c1-14(2)6-4-9-12-10(13-15-9)8-3-5-11-7-8/h8,11H,3-7H2,1-2H3. The van der Waals surface area contributed by atoms with Crippen LogP contribution in [0.2, 0.25) is 0 Å². The van der Waals surface area contributed by atoms with Crippen molar-refractivity contribution in [2.45, 2.75) is 18.8 Å². The lowest BCUT2D eigenvalue weighted by molar-refractivity contribution is 0.340. The molecule has 84 valence electrons. The van der Waals surface area contributed by atoms with Crippen LogP contribution in [0.3, 0.4) is 0 Å². The maximum Gasteiger partial charge on any atom is 0.227 e. The van der Waals surface area contributed by atoms with Crippen LogP contribution >= 0.6 is 0 Å². The van der Waals surface area contributed by atoms with Gasteiger partial charge in [0.25, 0.3) is 0 Å². The molecule has 0 radical (unpaired) electrons. The molecule has 1 aliphatic rings. The van der Waals surface area contributed by atoms with E-state index >= 15 is 0 Å². The molecule has 5 nitrogen and oxygen atoms in total. The molecule has 0 spiro atoms. The molecule has 15 heavy (non-hydrogen) atoms. The summed E-state index contributed by atoms with van der Waals surface area (Å²) in [6, 6.07) is 0. The smallest absolute Gasteiger partial charge is 0.227 e. The summed E-state index contributed by atoms with van der Waals surface area (Å²) in [5.41, 5.74) is 0. The summed E-state index contributed by atoms with van der Waals surface area (Å²) in [4.78, 5) is 6.53. The van der Waals surface area contributed by atoms with E-state index in [1.165, 1.54) is 0 Å². The summed E-state index contributed by atoms with van der Waals surface area (Å²) in [6.45, 7) is 2.99. The lowest BCUT2D eigenvalue weighted by Crippen LogP contribution is -2.15. The second-order valence-corrected chi connectivity index (χ2v) is 4.29. The molecule has 2 heterocycles. The molecule has 5 heteroatoms. The van der Waals surface area contributed by atoms with Crippen molar-refractivity contribution in [1.29, 1.82) is 0 Å². The third-order valence-electron chi connectivity index (χ3n) is 2.68. The van der Waals surface area contributed by atoms with E-state index in [9.17, 15) is 0 Å². The molecule has 1 fully saturated rings. The minimum Gasteiger partial charge on any atom is -0.339 e. The predicted octanol–water partition coefficient (Wildman–Crippen LogP) is 0.251. The van der Waals surface area contributed by atoms with Crippen molar-refractivity contribution >= 4 is 0 Å². The van der Waals surface area contributed by atoms with Crippen LogP contribution in [-0.4, -0.2) is 48.8 Å². The molecule has 0 aliphatic carbocycles. The SMILES string of the molecule is CN(C)CCc1nc(C2CCNC2)no1. The highest BCUT2D eigenvalue weighted by atomic mass is 16.5. The summed E-state index contributed by atoms with van der Waals surface area (Å²) in [6.07, 6.45) is 1.95. The van der Waals surface area contributed by atoms with Gasteiger partial charge >= 0.3 is 0 Å². The first-order valence-electron chi connectivity index (χ1n) is 5.43. The van der Waals surface area contributed by atoms with Gasteiger partial charge in [-0.15, -0.1) is 0 Å². The number of aromatic nitrogens is 2. The van der Waals surface area contributed by atoms with Gasteiger partial charge in [0.15, 0.2) is 5.82 Å². The Labute approximate surface area is 89.8 Å². The van der Waals surface area contributed by atoms with Gasteiger partial charge in [-0.3, -0.25) is 0 Å². The highest BCUT2D eigenvalue weighted by molar-refractivity contribution is 4.99. The van der Waals surface area contributed by atoms with Crippen molar-refractivity contribution < 1.29 is 4.52 Å². The van der Waals surface area contributed by atoms with E-state index in [-0.39, 0.29) is 0 Å². The monoisotopic (exact) mass is 210 g/mol. The van der Waals surface area contributed by atoms with Crippen LogP contribution in [0.15, 0.2) is 4.52 Å². The molecule has 0 saturated carbocycles. The average Bonchev–Trinajstić information content (AvgIpc) is 2.85. The summed E-state index contributed by atoms with van der Waals surface area (Å²) in [7, 11) is 4.08. The van der Waals surface area contributed by atoms with E-state index in [2.05, 4.69) is 20.4 Å². The molecule has 1 unspecified atom stereocenters. The van der Waals surface area contributed by atoms with Crippen molar-refractivity contribution in [3.63, 3.8) is 0 Å². The second kappa shape index (κ2) is 4.72. The van der Waals surface area contributed by atoms with Crippen LogP contribution in [0.25, 0.3) is 0 Å². The van der Waals surface area contributed by atoms with Gasteiger partial charge in [0.1, 0.15) is 0 Å². The molecule has 1 aliphatic heterocycles. The van der Waals surface area contributed by atoms with Crippen molar-refractivity contribution in [3.8, 4) is 0 Å². The highest BCUT2D eigenvalue weighted by Crippen LogP contribution is 2.19. The Morgan fingerprint density at radius 2 is 2.40 bits per heavy atom. The molecule has 1 saturated heterocycles. The Kier molecular flexibility index (Phi) is 3.33. The predicted molar refractivity (Wildman–Crippen MR) is 56.8 cm³/mol. The topological polar surface area (TPSA) is 54.2 Å². The van der Waals surface area contributed by atoms with Gasteiger partial charge in [-0.25, -0.2) is 0 Å². The molecule has 1 N–H and O–H groups in total. The van der Waals surface area contributed by atoms with Gasteiger partial charge in [-0.2, -0.15) is 4.98 Å². The van der Waals surface area contributed by atoms with E-state index < -0.39 is 0 Å². The molecule has 0 bridgehead atoms. The number of hydrogen-bond donors (Lipinski definition) is 1. The maximum absolute atomic E-state index is 5.21. The Morgan fingerprint density at radius 3 is 3.07 bits per heavy atom. The maximum atomic E-state index is 5.21. The molecule has 2 rings (SSSR count). The fourth-order valence-electron chi connectivity index (χ4n) is 1.73. The quantitative estimate of drug-likeness (QED) is 0.772. The largest absolute Gasteiger partial charge is 0.339 e. The third-order valence-corrected chi connectivity index (χ3v) is 2.68. The van der Waals surface area contributed by atoms with E-state index in [4.69, 9.17) is 4.52 Å². The summed E-state index contributed by atoms with van der Waals surface area (Å²) in [5.74, 6) is 2.07. The van der Waals surface area contributed by atoms with Crippen molar-refractivity contribution in [1.82, 2.24) is 20.4 Å². The normalized spacial score (nSPS) is 21.4. The molecule has 0 aromatic carbocycles. The van der Waals surface area contributed by atoms with Crippen LogP contribution in [0.5, 0.6) is 0 Å². The first-order valence-corrected chi connectivity index (χ1v) is 5.43. The minimum absolute atomic E-state index is 0.446. The summed E-state index contributed by atoms with van der Waals surface area (Å²) in [5, 5.41) is 7.33. The number of nitrogens with zero attached hydrogens (tertiary/aromatic N) is 3. The van der Waals surface area contributed by atoms with Gasteiger partial charge in [0.2, 0.25) is 5.89 Å². The minimum atomic E-state index is 0.446. The van der Waals surface area contributed by atoms with Gasteiger partial charge in [0.05, 0.1) is 0 Å². The van der Waals surface area contributed by atoms with Crippen LogP contribution in [0.4, 0.5) is 0 Å². The van der Waals surface area contributed by atoms with Crippen LogP contribution in [-0.2, 0) is 6.42 Å². The van der Waals surface area contributed by atoms with E-state index in [1.54, 1.807) is 0 Å². The highest BCUT2D eigenvalue weighted by Gasteiger charge is 2.21. The van der Waals surface area contributed by atoms with E-state index in [0.717, 1.165) is 44.2 Å². The molecular formula is C10H18N4O. The van der Waals surface area contributed by atoms with Crippen LogP contribution < -0.4 is 5.32 Å². The zero-order valence-electron chi connectivity index (χ0n) is 9.36. The molecular weight excluding hydrogens is 192 g/mol. The first-order chi connectivity index (χ1) is 7.25. The van der Waals surface area contributed by atoms with E-state index in [0.29, 0.717) is 5.92 Å². The van der Waals surface area contributed by atoms with Gasteiger partial charge in [-0.05, 0) is 27.1 Å². The lowest BCUT2D eigenvalue weighted by Gasteiger charge is -2.05. The van der Waals surface area contributed by atoms with Crippen LogP contribution in [0, 0.1) is 0 Å². The Hall–Kier alpha value is -0.940. The average molecular weight is 210 g/mol. The number of hydrogen-bond acceptors (Lipinski definition) is 5. The molecule has 1 aromatic heterocycles. The third kappa shape index (κ3) is 2.76. The van der Waals surface area contributed by atoms with Gasteiger partial charge < -0.3 is 14.7 Å². The number of nitrogens with one attached hydrogen (secondary N) is 1. The second-order valence-electron chi connectivity index (χ2n) is 4.29.